The molecule has 1 heterocycles. The summed E-state index contributed by atoms with van der Waals surface area (Å²) in [5.41, 5.74) is 3.77. The van der Waals surface area contributed by atoms with Crippen molar-refractivity contribution in [3.63, 3.8) is 0 Å². The molecule has 0 amide bonds. The Morgan fingerprint density at radius 2 is 1.97 bits per heavy atom. The first-order valence-electron chi connectivity index (χ1n) is 13.0. The highest BCUT2D eigenvalue weighted by Crippen LogP contribution is 2.27. The molecule has 2 atom stereocenters. The molecule has 0 saturated carbocycles. The number of nitrogens with zero attached hydrogens (tertiary/aromatic N) is 5. The molecule has 2 unspecified atom stereocenters. The van der Waals surface area contributed by atoms with Gasteiger partial charge in [0.1, 0.15) is 12.4 Å². The van der Waals surface area contributed by atoms with Gasteiger partial charge in [-0.1, -0.05) is 25.1 Å². The second-order valence-electron chi connectivity index (χ2n) is 9.61. The van der Waals surface area contributed by atoms with Gasteiger partial charge in [-0.25, -0.2) is 0 Å². The van der Waals surface area contributed by atoms with Crippen molar-refractivity contribution in [1.82, 2.24) is 9.80 Å². The number of aryl methyl sites for hydroxylation is 1. The summed E-state index contributed by atoms with van der Waals surface area (Å²) in [6.07, 6.45) is 5.04. The Bertz CT molecular complexity index is 1110. The lowest BCUT2D eigenvalue weighted by Crippen LogP contribution is -2.40. The van der Waals surface area contributed by atoms with Crippen molar-refractivity contribution in [1.29, 1.82) is 15.8 Å². The third-order valence-electron chi connectivity index (χ3n) is 7.25. The van der Waals surface area contributed by atoms with Crippen LogP contribution in [0, 0.1) is 40.9 Å². The lowest BCUT2D eigenvalue weighted by Gasteiger charge is -2.28. The predicted molar refractivity (Wildman–Crippen MR) is 141 cm³/mol. The molecule has 0 aliphatic carbocycles. The van der Waals surface area contributed by atoms with Crippen LogP contribution >= 0.6 is 0 Å². The van der Waals surface area contributed by atoms with Crippen LogP contribution in [0.15, 0.2) is 42.5 Å². The largest absolute Gasteiger partial charge is 0.492 e. The number of ether oxygens (including phenoxy) is 1. The Kier molecular flexibility index (Phi) is 10.8. The Hall–Kier alpha value is -3.37. The van der Waals surface area contributed by atoms with Gasteiger partial charge in [-0.05, 0) is 87.0 Å². The van der Waals surface area contributed by atoms with Crippen LogP contribution in [0.5, 0.6) is 5.75 Å². The van der Waals surface area contributed by atoms with Crippen molar-refractivity contribution in [2.75, 3.05) is 39.3 Å². The predicted octanol–water partition coefficient (Wildman–Crippen LogP) is 5.38. The normalized spacial score (nSPS) is 16.3. The number of likely N-dealkylation sites (tertiary alicyclic amines) is 1. The summed E-state index contributed by atoms with van der Waals surface area (Å²) in [5.74, 6) is 1.24. The molecule has 0 aromatic heterocycles. The van der Waals surface area contributed by atoms with Gasteiger partial charge in [0.25, 0.3) is 0 Å². The first kappa shape index (κ1) is 27.2. The van der Waals surface area contributed by atoms with E-state index in [-0.39, 0.29) is 0 Å². The molecule has 1 aliphatic rings. The molecular weight excluding hydrogens is 446 g/mol. The van der Waals surface area contributed by atoms with Gasteiger partial charge in [-0.3, -0.25) is 4.90 Å². The van der Waals surface area contributed by atoms with E-state index < -0.39 is 0 Å². The first-order chi connectivity index (χ1) is 17.6. The molecule has 1 fully saturated rings. The van der Waals surface area contributed by atoms with Crippen LogP contribution in [-0.2, 0) is 0 Å². The van der Waals surface area contributed by atoms with Crippen molar-refractivity contribution in [2.24, 2.45) is 0 Å². The van der Waals surface area contributed by atoms with Crippen molar-refractivity contribution < 1.29 is 4.74 Å². The molecule has 0 N–H and O–H groups in total. The molecule has 3 rings (SSSR count). The highest BCUT2D eigenvalue weighted by Gasteiger charge is 2.27. The lowest BCUT2D eigenvalue weighted by molar-refractivity contribution is 0.160. The summed E-state index contributed by atoms with van der Waals surface area (Å²) in [5, 5.41) is 27.4. The number of hydrogen-bond donors (Lipinski definition) is 0. The number of nitriles is 3. The Balaban J connectivity index is 1.46. The zero-order chi connectivity index (χ0) is 25.8. The molecule has 0 radical (unpaired) electrons. The van der Waals surface area contributed by atoms with Crippen LogP contribution in [0.25, 0.3) is 0 Å². The van der Waals surface area contributed by atoms with Crippen molar-refractivity contribution in [2.45, 2.75) is 57.9 Å². The molecule has 2 aromatic carbocycles. The van der Waals surface area contributed by atoms with Gasteiger partial charge in [0.15, 0.2) is 0 Å². The molecular formula is C30H37N5O. The van der Waals surface area contributed by atoms with Gasteiger partial charge in [0.05, 0.1) is 29.3 Å². The van der Waals surface area contributed by atoms with E-state index >= 15 is 0 Å². The maximum Gasteiger partial charge on any atom is 0.120 e. The smallest absolute Gasteiger partial charge is 0.120 e. The summed E-state index contributed by atoms with van der Waals surface area (Å²) in [6, 6.07) is 20.6. The maximum absolute atomic E-state index is 9.20. The van der Waals surface area contributed by atoms with Crippen LogP contribution in [0.2, 0.25) is 0 Å². The minimum Gasteiger partial charge on any atom is -0.492 e. The second kappa shape index (κ2) is 14.3. The van der Waals surface area contributed by atoms with E-state index in [2.05, 4.69) is 47.1 Å². The molecule has 0 spiro atoms. The van der Waals surface area contributed by atoms with Crippen LogP contribution in [0.1, 0.15) is 67.2 Å². The van der Waals surface area contributed by atoms with E-state index in [1.165, 1.54) is 5.56 Å². The quantitative estimate of drug-likeness (QED) is 0.380. The third kappa shape index (κ3) is 7.82. The van der Waals surface area contributed by atoms with Gasteiger partial charge in [-0.15, -0.1) is 0 Å². The Morgan fingerprint density at radius 3 is 2.69 bits per heavy atom. The van der Waals surface area contributed by atoms with E-state index in [0.717, 1.165) is 69.5 Å². The highest BCUT2D eigenvalue weighted by molar-refractivity contribution is 5.40. The minimum atomic E-state index is 0.440. The summed E-state index contributed by atoms with van der Waals surface area (Å²) >= 11 is 0. The molecule has 0 bridgehead atoms. The summed E-state index contributed by atoms with van der Waals surface area (Å²) in [7, 11) is 0. The fraction of sp³-hybridized carbons (Fsp3) is 0.500. The number of rotatable bonds is 13. The average Bonchev–Trinajstić information content (AvgIpc) is 3.37. The second-order valence-corrected chi connectivity index (χ2v) is 9.61. The number of hydrogen-bond acceptors (Lipinski definition) is 6. The van der Waals surface area contributed by atoms with Crippen LogP contribution < -0.4 is 4.74 Å². The minimum absolute atomic E-state index is 0.440. The zero-order valence-corrected chi connectivity index (χ0v) is 21.6. The lowest BCUT2D eigenvalue weighted by atomic mass is 9.90. The van der Waals surface area contributed by atoms with E-state index in [4.69, 9.17) is 15.3 Å². The SMILES string of the molecule is CCC(CCCN1CCC(N(CCC#N)CCOc2cccc(C#N)c2)C1)c1ccc(C#N)c(C)c1. The maximum atomic E-state index is 9.20. The fourth-order valence-corrected chi connectivity index (χ4v) is 5.15. The molecule has 6 nitrogen and oxygen atoms in total. The third-order valence-corrected chi connectivity index (χ3v) is 7.25. The van der Waals surface area contributed by atoms with Crippen molar-refractivity contribution in [3.05, 3.63) is 64.7 Å². The topological polar surface area (TPSA) is 87.1 Å². The van der Waals surface area contributed by atoms with Crippen LogP contribution in [-0.4, -0.2) is 55.2 Å². The Labute approximate surface area is 216 Å². The van der Waals surface area contributed by atoms with Crippen LogP contribution in [0.3, 0.4) is 0 Å². The molecule has 36 heavy (non-hydrogen) atoms. The summed E-state index contributed by atoms with van der Waals surface area (Å²) in [4.78, 5) is 4.95. The van der Waals surface area contributed by atoms with E-state index in [0.29, 0.717) is 36.3 Å². The Morgan fingerprint density at radius 1 is 1.11 bits per heavy atom. The van der Waals surface area contributed by atoms with Gasteiger partial charge in [0, 0.05) is 32.1 Å². The van der Waals surface area contributed by atoms with Gasteiger partial charge < -0.3 is 9.64 Å². The van der Waals surface area contributed by atoms with Crippen LogP contribution in [0.4, 0.5) is 0 Å². The summed E-state index contributed by atoms with van der Waals surface area (Å²) in [6.45, 7) is 9.54. The van der Waals surface area contributed by atoms with Crippen molar-refractivity contribution >= 4 is 0 Å². The van der Waals surface area contributed by atoms with Gasteiger partial charge in [0.2, 0.25) is 0 Å². The standard InChI is InChI=1S/C30H37N5O/c1-3-26(27-10-11-28(22-33)24(2)19-27)8-5-14-34-16-12-29(23-34)35(15-6-13-31)17-18-36-30-9-4-7-25(20-30)21-32/h4,7,9-11,19-20,26,29H,3,5-6,8,12,14-18,23H2,1-2H3. The average molecular weight is 484 g/mol. The highest BCUT2D eigenvalue weighted by atomic mass is 16.5. The van der Waals surface area contributed by atoms with E-state index in [1.54, 1.807) is 12.1 Å². The van der Waals surface area contributed by atoms with E-state index in [1.807, 2.05) is 25.1 Å². The fourth-order valence-electron chi connectivity index (χ4n) is 5.15. The van der Waals surface area contributed by atoms with Crippen molar-refractivity contribution in [3.8, 4) is 24.0 Å². The molecule has 2 aromatic rings. The zero-order valence-electron chi connectivity index (χ0n) is 21.6. The summed E-state index contributed by atoms with van der Waals surface area (Å²) < 4.78 is 5.91. The van der Waals surface area contributed by atoms with Gasteiger partial charge >= 0.3 is 0 Å². The van der Waals surface area contributed by atoms with Gasteiger partial charge in [-0.2, -0.15) is 15.8 Å². The molecule has 188 valence electrons. The van der Waals surface area contributed by atoms with E-state index in [9.17, 15) is 5.26 Å². The molecule has 1 aliphatic heterocycles. The first-order valence-corrected chi connectivity index (χ1v) is 13.0. The molecule has 1 saturated heterocycles. The number of benzene rings is 2. The molecule has 6 heteroatoms. The monoisotopic (exact) mass is 483 g/mol.